The van der Waals surface area contributed by atoms with Gasteiger partial charge in [-0.3, -0.25) is 4.79 Å². The first-order valence-corrected chi connectivity index (χ1v) is 7.51. The Kier molecular flexibility index (Phi) is 7.00. The van der Waals surface area contributed by atoms with E-state index in [4.69, 9.17) is 4.74 Å². The lowest BCUT2D eigenvalue weighted by Crippen LogP contribution is -2.40. The third-order valence-electron chi connectivity index (χ3n) is 3.07. The van der Waals surface area contributed by atoms with Crippen molar-refractivity contribution in [2.24, 2.45) is 0 Å². The van der Waals surface area contributed by atoms with Gasteiger partial charge in [0.05, 0.1) is 7.11 Å². The van der Waals surface area contributed by atoms with Crippen molar-refractivity contribution in [2.45, 2.75) is 51.7 Å². The molecule has 0 aliphatic rings. The van der Waals surface area contributed by atoms with Gasteiger partial charge < -0.3 is 14.8 Å². The van der Waals surface area contributed by atoms with Crippen molar-refractivity contribution in [2.75, 3.05) is 7.11 Å². The molecule has 0 aliphatic carbocycles. The number of ether oxygens (including phenoxy) is 2. The summed E-state index contributed by atoms with van der Waals surface area (Å²) in [6.07, 6.45) is 0.137. The second kappa shape index (κ2) is 8.50. The molecule has 0 saturated carbocycles. The maximum absolute atomic E-state index is 13.8. The Labute approximate surface area is 136 Å². The van der Waals surface area contributed by atoms with Crippen LogP contribution in [0.1, 0.15) is 39.2 Å². The smallest absolute Gasteiger partial charge is 0.407 e. The van der Waals surface area contributed by atoms with Crippen LogP contribution in [-0.2, 0) is 20.7 Å². The summed E-state index contributed by atoms with van der Waals surface area (Å²) in [6, 6.07) is 5.91. The van der Waals surface area contributed by atoms with Crippen molar-refractivity contribution in [3.8, 4) is 0 Å². The molecule has 0 heterocycles. The van der Waals surface area contributed by atoms with Gasteiger partial charge in [-0.15, -0.1) is 0 Å². The number of benzene rings is 1. The normalized spacial score (nSPS) is 12.4. The van der Waals surface area contributed by atoms with Crippen molar-refractivity contribution in [3.63, 3.8) is 0 Å². The molecule has 1 aromatic rings. The van der Waals surface area contributed by atoms with Gasteiger partial charge in [0.2, 0.25) is 0 Å². The molecule has 1 rings (SSSR count). The highest BCUT2D eigenvalue weighted by atomic mass is 19.1. The minimum absolute atomic E-state index is 0.130. The topological polar surface area (TPSA) is 64.6 Å². The van der Waals surface area contributed by atoms with Crippen LogP contribution in [0.25, 0.3) is 0 Å². The molecule has 0 spiro atoms. The maximum Gasteiger partial charge on any atom is 0.407 e. The number of carbonyl (C=O) groups is 2. The molecule has 0 unspecified atom stereocenters. The van der Waals surface area contributed by atoms with Gasteiger partial charge in [0.25, 0.3) is 0 Å². The van der Waals surface area contributed by atoms with Crippen LogP contribution in [0.2, 0.25) is 0 Å². The van der Waals surface area contributed by atoms with Gasteiger partial charge in [-0.25, -0.2) is 9.18 Å². The fourth-order valence-corrected chi connectivity index (χ4v) is 2.02. The first kappa shape index (κ1) is 18.9. The number of halogens is 1. The zero-order valence-corrected chi connectivity index (χ0v) is 14.0. The molecule has 23 heavy (non-hydrogen) atoms. The molecule has 6 heteroatoms. The highest BCUT2D eigenvalue weighted by molar-refractivity contribution is 5.70. The van der Waals surface area contributed by atoms with Crippen LogP contribution < -0.4 is 5.32 Å². The van der Waals surface area contributed by atoms with Crippen molar-refractivity contribution in [1.29, 1.82) is 0 Å². The molecule has 128 valence electrons. The van der Waals surface area contributed by atoms with Crippen molar-refractivity contribution in [3.05, 3.63) is 35.6 Å². The number of rotatable bonds is 6. The standard InChI is InChI=1S/C17H24FNO4/c1-17(2,3)23-16(21)19-13(9-10-15(20)22-4)11-12-7-5-6-8-14(12)18/h5-8,13H,9-11H2,1-4H3,(H,19,21)/t13-/m0/s1. The summed E-state index contributed by atoms with van der Waals surface area (Å²) in [5, 5.41) is 2.69. The number of esters is 1. The monoisotopic (exact) mass is 325 g/mol. The van der Waals surface area contributed by atoms with E-state index in [1.54, 1.807) is 39.0 Å². The molecule has 5 nitrogen and oxygen atoms in total. The van der Waals surface area contributed by atoms with Gasteiger partial charge in [-0.1, -0.05) is 18.2 Å². The van der Waals surface area contributed by atoms with Crippen molar-refractivity contribution in [1.82, 2.24) is 5.32 Å². The molecule has 0 fully saturated rings. The van der Waals surface area contributed by atoms with E-state index in [0.29, 0.717) is 12.0 Å². The molecule has 0 radical (unpaired) electrons. The van der Waals surface area contributed by atoms with Crippen LogP contribution in [0.3, 0.4) is 0 Å². The third kappa shape index (κ3) is 7.63. The van der Waals surface area contributed by atoms with Crippen molar-refractivity contribution < 1.29 is 23.5 Å². The molecule has 1 aromatic carbocycles. The molecule has 0 saturated heterocycles. The van der Waals surface area contributed by atoms with E-state index < -0.39 is 17.7 Å². The second-order valence-electron chi connectivity index (χ2n) is 6.25. The molecule has 0 aromatic heterocycles. The lowest BCUT2D eigenvalue weighted by atomic mass is 10.0. The predicted octanol–water partition coefficient (Wildman–Crippen LogP) is 3.21. The van der Waals surface area contributed by atoms with Crippen LogP contribution in [-0.4, -0.2) is 30.8 Å². The van der Waals surface area contributed by atoms with Gasteiger partial charge in [0.15, 0.2) is 0 Å². The van der Waals surface area contributed by atoms with E-state index in [-0.39, 0.29) is 24.6 Å². The van der Waals surface area contributed by atoms with Crippen LogP contribution in [0.15, 0.2) is 24.3 Å². The van der Waals surface area contributed by atoms with E-state index in [9.17, 15) is 14.0 Å². The zero-order chi connectivity index (χ0) is 17.5. The predicted molar refractivity (Wildman–Crippen MR) is 84.5 cm³/mol. The fraction of sp³-hybridized carbons (Fsp3) is 0.529. The van der Waals surface area contributed by atoms with E-state index in [0.717, 1.165) is 0 Å². The number of nitrogens with one attached hydrogen (secondary N) is 1. The summed E-state index contributed by atoms with van der Waals surface area (Å²) in [4.78, 5) is 23.2. The van der Waals surface area contributed by atoms with Crippen LogP contribution in [0.4, 0.5) is 9.18 Å². The number of alkyl carbamates (subject to hydrolysis) is 1. The minimum atomic E-state index is -0.630. The average Bonchev–Trinajstić information content (AvgIpc) is 2.44. The van der Waals surface area contributed by atoms with Crippen LogP contribution in [0, 0.1) is 5.82 Å². The molecule has 1 amide bonds. The van der Waals surface area contributed by atoms with Gasteiger partial charge >= 0.3 is 12.1 Å². The number of hydrogen-bond donors (Lipinski definition) is 1. The summed E-state index contributed by atoms with van der Waals surface area (Å²) in [7, 11) is 1.30. The van der Waals surface area contributed by atoms with Crippen molar-refractivity contribution >= 4 is 12.1 Å². The Bertz CT molecular complexity index is 540. The van der Waals surface area contributed by atoms with E-state index >= 15 is 0 Å². The number of hydrogen-bond acceptors (Lipinski definition) is 4. The molecular weight excluding hydrogens is 301 g/mol. The quantitative estimate of drug-likeness (QED) is 0.816. The number of carbonyl (C=O) groups excluding carboxylic acids is 2. The highest BCUT2D eigenvalue weighted by Gasteiger charge is 2.21. The summed E-state index contributed by atoms with van der Waals surface area (Å²) in [5.41, 5.74) is -0.159. The maximum atomic E-state index is 13.8. The largest absolute Gasteiger partial charge is 0.469 e. The first-order valence-electron chi connectivity index (χ1n) is 7.51. The Morgan fingerprint density at radius 3 is 2.48 bits per heavy atom. The molecule has 0 bridgehead atoms. The third-order valence-corrected chi connectivity index (χ3v) is 3.07. The summed E-state index contributed by atoms with van der Waals surface area (Å²) in [6.45, 7) is 5.27. The van der Waals surface area contributed by atoms with E-state index in [1.165, 1.54) is 13.2 Å². The second-order valence-corrected chi connectivity index (χ2v) is 6.25. The molecule has 0 aliphatic heterocycles. The molecular formula is C17H24FNO4. The lowest BCUT2D eigenvalue weighted by Gasteiger charge is -2.23. The van der Waals surface area contributed by atoms with Gasteiger partial charge in [0, 0.05) is 12.5 Å². The Morgan fingerprint density at radius 2 is 1.91 bits per heavy atom. The van der Waals surface area contributed by atoms with Crippen LogP contribution >= 0.6 is 0 Å². The Balaban J connectivity index is 2.74. The fourth-order valence-electron chi connectivity index (χ4n) is 2.02. The lowest BCUT2D eigenvalue weighted by molar-refractivity contribution is -0.140. The summed E-state index contributed by atoms with van der Waals surface area (Å²) < 4.78 is 23.6. The van der Waals surface area contributed by atoms with Gasteiger partial charge in [-0.05, 0) is 45.2 Å². The Morgan fingerprint density at radius 1 is 1.26 bits per heavy atom. The van der Waals surface area contributed by atoms with E-state index in [2.05, 4.69) is 10.1 Å². The first-order chi connectivity index (χ1) is 10.7. The average molecular weight is 325 g/mol. The SMILES string of the molecule is COC(=O)CC[C@@H](Cc1ccccc1F)NC(=O)OC(C)(C)C. The Hall–Kier alpha value is -2.11. The summed E-state index contributed by atoms with van der Waals surface area (Å²) in [5.74, 6) is -0.726. The number of methoxy groups -OCH3 is 1. The minimum Gasteiger partial charge on any atom is -0.469 e. The van der Waals surface area contributed by atoms with E-state index in [1.807, 2.05) is 0 Å². The van der Waals surface area contributed by atoms with Gasteiger partial charge in [0.1, 0.15) is 11.4 Å². The molecule has 1 N–H and O–H groups in total. The zero-order valence-electron chi connectivity index (χ0n) is 14.0. The van der Waals surface area contributed by atoms with Gasteiger partial charge in [-0.2, -0.15) is 0 Å². The molecule has 1 atom stereocenters. The highest BCUT2D eigenvalue weighted by Crippen LogP contribution is 2.14. The van der Waals surface area contributed by atoms with Crippen LogP contribution in [0.5, 0.6) is 0 Å². The number of amides is 1. The summed E-state index contributed by atoms with van der Waals surface area (Å²) >= 11 is 0.